The number of rotatable bonds is 2. The summed E-state index contributed by atoms with van der Waals surface area (Å²) in [5, 5.41) is 8.09. The molecule has 0 fully saturated rings. The molecule has 0 unspecified atom stereocenters. The van der Waals surface area contributed by atoms with E-state index in [0.29, 0.717) is 0 Å². The van der Waals surface area contributed by atoms with Gasteiger partial charge in [-0.25, -0.2) is 0 Å². The van der Waals surface area contributed by atoms with Crippen LogP contribution >= 0.6 is 0 Å². The molecular formula is C4H9NO2. The molecule has 0 saturated heterocycles. The zero-order chi connectivity index (χ0) is 6.57. The Morgan fingerprint density at radius 3 is 2.86 bits per heavy atom. The lowest BCUT2D eigenvalue weighted by Crippen LogP contribution is -2.20. The number of carbonyl (C=O) groups is 1. The van der Waals surface area contributed by atoms with Gasteiger partial charge in [0.1, 0.15) is 0 Å². The molecule has 42 valence electrons. The minimum Gasteiger partial charge on any atom is -0.480 e. The van der Waals surface area contributed by atoms with Crippen LogP contribution in [-0.2, 0) is 4.79 Å². The molecule has 0 amide bonds. The highest BCUT2D eigenvalue weighted by Gasteiger charge is 1.94. The number of aliphatic carboxylic acids is 1. The Kier molecular flexibility index (Phi) is 1.69. The van der Waals surface area contributed by atoms with E-state index in [1.807, 2.05) is 0 Å². The van der Waals surface area contributed by atoms with Crippen molar-refractivity contribution in [2.75, 3.05) is 20.6 Å². The molecule has 0 aromatic carbocycles. The van der Waals surface area contributed by atoms with Gasteiger partial charge in [-0.1, -0.05) is 0 Å². The van der Waals surface area contributed by atoms with Gasteiger partial charge in [-0.15, -0.1) is 0 Å². The molecule has 1 N–H and O–H groups in total. The van der Waals surface area contributed by atoms with Crippen LogP contribution in [0.4, 0.5) is 0 Å². The van der Waals surface area contributed by atoms with E-state index in [2.05, 4.69) is 0 Å². The lowest BCUT2D eigenvalue weighted by molar-refractivity contribution is -0.137. The van der Waals surface area contributed by atoms with Crippen molar-refractivity contribution in [3.63, 3.8) is 0 Å². The van der Waals surface area contributed by atoms with Crippen molar-refractivity contribution in [2.24, 2.45) is 0 Å². The molecule has 3 heteroatoms. The van der Waals surface area contributed by atoms with E-state index >= 15 is 0 Å². The molecule has 0 spiro atoms. The van der Waals surface area contributed by atoms with Gasteiger partial charge in [-0.05, 0) is 14.1 Å². The SMILES string of the molecule is [2H]CN(C)CC(=O)O. The number of carboxylic acids is 1. The van der Waals surface area contributed by atoms with Crippen molar-refractivity contribution in [2.45, 2.75) is 0 Å². The van der Waals surface area contributed by atoms with Gasteiger partial charge in [-0.2, -0.15) is 0 Å². The maximum atomic E-state index is 9.84. The second-order valence-corrected chi connectivity index (χ2v) is 1.41. The number of hydrogen-bond donors (Lipinski definition) is 1. The number of nitrogens with zero attached hydrogens (tertiary/aromatic N) is 1. The summed E-state index contributed by atoms with van der Waals surface area (Å²) in [7, 11) is 1.62. The van der Waals surface area contributed by atoms with Crippen molar-refractivity contribution >= 4 is 5.97 Å². The van der Waals surface area contributed by atoms with Crippen LogP contribution < -0.4 is 0 Å². The standard InChI is InChI=1S/C4H9NO2/c1-5(2)3-4(6)7/h3H2,1-2H3,(H,6,7)/i1D. The first-order valence-corrected chi connectivity index (χ1v) is 1.86. The van der Waals surface area contributed by atoms with Crippen LogP contribution in [0.3, 0.4) is 0 Å². The fourth-order valence-electron chi connectivity index (χ4n) is 0.231. The summed E-state index contributed by atoms with van der Waals surface area (Å²) in [5.41, 5.74) is 0. The molecule has 0 aliphatic rings. The van der Waals surface area contributed by atoms with Crippen molar-refractivity contribution in [1.82, 2.24) is 4.90 Å². The summed E-state index contributed by atoms with van der Waals surface area (Å²) >= 11 is 0. The predicted molar refractivity (Wildman–Crippen MR) is 26.2 cm³/mol. The van der Waals surface area contributed by atoms with Gasteiger partial charge in [-0.3, -0.25) is 9.69 Å². The van der Waals surface area contributed by atoms with Gasteiger partial charge in [0, 0.05) is 1.37 Å². The highest BCUT2D eigenvalue weighted by atomic mass is 16.4. The van der Waals surface area contributed by atoms with Gasteiger partial charge in [0.2, 0.25) is 0 Å². The molecule has 0 aromatic rings. The Hall–Kier alpha value is -0.570. The van der Waals surface area contributed by atoms with E-state index in [9.17, 15) is 4.79 Å². The highest BCUT2D eigenvalue weighted by molar-refractivity contribution is 5.68. The van der Waals surface area contributed by atoms with Crippen molar-refractivity contribution in [1.29, 1.82) is 0 Å². The Bertz CT molecular complexity index is 86.1. The molecule has 3 nitrogen and oxygen atoms in total. The van der Waals surface area contributed by atoms with Crippen LogP contribution in [0.15, 0.2) is 0 Å². The summed E-state index contributed by atoms with van der Waals surface area (Å²) < 4.78 is 6.66. The van der Waals surface area contributed by atoms with Gasteiger partial charge >= 0.3 is 5.97 Å². The topological polar surface area (TPSA) is 40.5 Å². The average Bonchev–Trinajstić information content (AvgIpc) is 1.65. The summed E-state index contributed by atoms with van der Waals surface area (Å²) in [5.74, 6) is -0.889. The molecule has 7 heavy (non-hydrogen) atoms. The van der Waals surface area contributed by atoms with Crippen LogP contribution in [-0.4, -0.2) is 36.6 Å². The second-order valence-electron chi connectivity index (χ2n) is 1.41. The maximum Gasteiger partial charge on any atom is 0.317 e. The molecule has 0 aliphatic heterocycles. The molecular weight excluding hydrogens is 94.0 g/mol. The predicted octanol–water partition coefficient (Wildman–Crippen LogP) is -0.367. The third kappa shape index (κ3) is 5.43. The molecule has 0 aliphatic carbocycles. The minimum absolute atomic E-state index is 0.0340. The molecule has 0 bridgehead atoms. The van der Waals surface area contributed by atoms with E-state index in [0.717, 1.165) is 0 Å². The van der Waals surface area contributed by atoms with E-state index in [1.54, 1.807) is 7.05 Å². The van der Waals surface area contributed by atoms with E-state index in [-0.39, 0.29) is 13.6 Å². The molecule has 0 rings (SSSR count). The summed E-state index contributed by atoms with van der Waals surface area (Å²) in [6.07, 6.45) is 0. The number of carboxylic acid groups (broad SMARTS) is 1. The van der Waals surface area contributed by atoms with Crippen LogP contribution in [0, 0.1) is 0 Å². The maximum absolute atomic E-state index is 9.84. The summed E-state index contributed by atoms with van der Waals surface area (Å²) in [4.78, 5) is 11.2. The fourth-order valence-corrected chi connectivity index (χ4v) is 0.231. The fraction of sp³-hybridized carbons (Fsp3) is 0.750. The third-order valence-corrected chi connectivity index (χ3v) is 0.405. The molecule has 0 atom stereocenters. The van der Waals surface area contributed by atoms with E-state index in [1.165, 1.54) is 4.90 Å². The zero-order valence-corrected chi connectivity index (χ0v) is 4.22. The summed E-state index contributed by atoms with van der Waals surface area (Å²) in [6, 6.07) is 0. The Morgan fingerprint density at radius 1 is 2.14 bits per heavy atom. The van der Waals surface area contributed by atoms with Crippen molar-refractivity contribution < 1.29 is 11.3 Å². The Morgan fingerprint density at radius 2 is 2.71 bits per heavy atom. The molecule has 0 aromatic heterocycles. The van der Waals surface area contributed by atoms with Crippen LogP contribution in [0.5, 0.6) is 0 Å². The average molecular weight is 104 g/mol. The number of likely N-dealkylation sites (N-methyl/N-ethyl adjacent to an activating group) is 1. The first kappa shape index (κ1) is 4.59. The van der Waals surface area contributed by atoms with E-state index < -0.39 is 5.97 Å². The zero-order valence-electron chi connectivity index (χ0n) is 5.22. The van der Waals surface area contributed by atoms with Crippen LogP contribution in [0.1, 0.15) is 1.37 Å². The van der Waals surface area contributed by atoms with Gasteiger partial charge in [0.15, 0.2) is 0 Å². The van der Waals surface area contributed by atoms with Crippen molar-refractivity contribution in [3.05, 3.63) is 0 Å². The van der Waals surface area contributed by atoms with Gasteiger partial charge < -0.3 is 5.11 Å². The second kappa shape index (κ2) is 2.58. The van der Waals surface area contributed by atoms with Crippen molar-refractivity contribution in [3.8, 4) is 0 Å². The van der Waals surface area contributed by atoms with Crippen LogP contribution in [0.2, 0.25) is 0 Å². The Balaban J connectivity index is 3.24. The normalized spacial score (nSPS) is 11.4. The summed E-state index contributed by atoms with van der Waals surface area (Å²) in [6.45, 7) is -0.0521. The first-order valence-electron chi connectivity index (χ1n) is 2.57. The van der Waals surface area contributed by atoms with Gasteiger partial charge in [0.05, 0.1) is 6.54 Å². The lowest BCUT2D eigenvalue weighted by Gasteiger charge is -2.01. The minimum atomic E-state index is -0.889. The number of hydrogen-bond acceptors (Lipinski definition) is 2. The third-order valence-electron chi connectivity index (χ3n) is 0.405. The monoisotopic (exact) mass is 104 g/mol. The highest BCUT2D eigenvalue weighted by Crippen LogP contribution is 1.69. The lowest BCUT2D eigenvalue weighted by atomic mass is 10.6. The molecule has 0 saturated carbocycles. The Labute approximate surface area is 44.0 Å². The molecule has 0 heterocycles. The largest absolute Gasteiger partial charge is 0.480 e. The first-order chi connectivity index (χ1) is 3.66. The quantitative estimate of drug-likeness (QED) is 0.519. The van der Waals surface area contributed by atoms with Gasteiger partial charge in [0.25, 0.3) is 0 Å². The van der Waals surface area contributed by atoms with E-state index in [4.69, 9.17) is 6.48 Å². The van der Waals surface area contributed by atoms with Crippen LogP contribution in [0.25, 0.3) is 0 Å². The molecule has 0 radical (unpaired) electrons. The smallest absolute Gasteiger partial charge is 0.317 e.